The van der Waals surface area contributed by atoms with Crippen LogP contribution in [-0.4, -0.2) is 61.8 Å². The normalized spacial score (nSPS) is 15.2. The molecule has 4 rings (SSSR count). The van der Waals surface area contributed by atoms with Crippen molar-refractivity contribution < 1.29 is 14.3 Å². The number of fused-ring (bicyclic) bond motifs is 1. The molecule has 0 radical (unpaired) electrons. The highest BCUT2D eigenvalue weighted by molar-refractivity contribution is 5.94. The van der Waals surface area contributed by atoms with Gasteiger partial charge in [-0.15, -0.1) is 37.2 Å². The average molecular weight is 492 g/mol. The Morgan fingerprint density at radius 3 is 2.26 bits per heavy atom. The molecule has 0 saturated carbocycles. The fraction of sp³-hybridized carbons (Fsp3) is 0.381. The Labute approximate surface area is 201 Å². The number of nitrogens with one attached hydrogen (secondary N) is 1. The van der Waals surface area contributed by atoms with E-state index in [1.807, 2.05) is 6.07 Å². The molecule has 1 saturated heterocycles. The van der Waals surface area contributed by atoms with Gasteiger partial charge in [-0.1, -0.05) is 6.07 Å². The first-order chi connectivity index (χ1) is 13.7. The number of piperazine rings is 1. The molecule has 31 heavy (non-hydrogen) atoms. The lowest BCUT2D eigenvalue weighted by Crippen LogP contribution is -2.48. The smallest absolute Gasteiger partial charge is 0.251 e. The van der Waals surface area contributed by atoms with E-state index < -0.39 is 0 Å². The van der Waals surface area contributed by atoms with Crippen LogP contribution in [0.25, 0.3) is 0 Å². The minimum atomic E-state index is -0.0542. The molecule has 3 N–H and O–H groups in total. The number of rotatable bonds is 6. The van der Waals surface area contributed by atoms with Crippen LogP contribution in [0.2, 0.25) is 0 Å². The lowest BCUT2D eigenvalue weighted by atomic mass is 10.1. The van der Waals surface area contributed by atoms with Gasteiger partial charge in [0.1, 0.15) is 0 Å². The van der Waals surface area contributed by atoms with Crippen molar-refractivity contribution in [1.82, 2.24) is 15.1 Å². The molecule has 0 spiro atoms. The minimum absolute atomic E-state index is 0. The molecular formula is C21H29Cl3N4O3. The van der Waals surface area contributed by atoms with Gasteiger partial charge in [0.2, 0.25) is 6.79 Å². The molecule has 7 nitrogen and oxygen atoms in total. The Hall–Kier alpha value is -1.90. The van der Waals surface area contributed by atoms with E-state index >= 15 is 0 Å². The molecule has 2 aliphatic heterocycles. The molecule has 0 unspecified atom stereocenters. The van der Waals surface area contributed by atoms with Gasteiger partial charge in [-0.25, -0.2) is 0 Å². The van der Waals surface area contributed by atoms with Crippen LogP contribution in [0.4, 0.5) is 5.69 Å². The lowest BCUT2D eigenvalue weighted by Gasteiger charge is -2.34. The lowest BCUT2D eigenvalue weighted by molar-refractivity contribution is 0.0934. The summed E-state index contributed by atoms with van der Waals surface area (Å²) in [5, 5.41) is 2.98. The summed E-state index contributed by atoms with van der Waals surface area (Å²) in [7, 11) is 0. The largest absolute Gasteiger partial charge is 0.454 e. The number of nitrogens with zero attached hydrogens (tertiary/aromatic N) is 2. The maximum absolute atomic E-state index is 12.1. The first-order valence-corrected chi connectivity index (χ1v) is 9.64. The van der Waals surface area contributed by atoms with E-state index in [4.69, 9.17) is 15.2 Å². The van der Waals surface area contributed by atoms with Crippen molar-refractivity contribution >= 4 is 48.8 Å². The van der Waals surface area contributed by atoms with Crippen molar-refractivity contribution in [3.05, 3.63) is 53.6 Å². The summed E-state index contributed by atoms with van der Waals surface area (Å²) in [6, 6.07) is 13.1. The summed E-state index contributed by atoms with van der Waals surface area (Å²) >= 11 is 0. The van der Waals surface area contributed by atoms with Crippen molar-refractivity contribution in [3.8, 4) is 11.5 Å². The molecule has 0 aliphatic carbocycles. The quantitative estimate of drug-likeness (QED) is 0.605. The zero-order chi connectivity index (χ0) is 19.3. The van der Waals surface area contributed by atoms with Crippen molar-refractivity contribution in [2.45, 2.75) is 6.54 Å². The molecule has 2 heterocycles. The number of nitrogen functional groups attached to an aromatic ring is 1. The van der Waals surface area contributed by atoms with Gasteiger partial charge >= 0.3 is 0 Å². The third kappa shape index (κ3) is 7.33. The third-order valence-electron chi connectivity index (χ3n) is 5.19. The Kier molecular flexibility index (Phi) is 11.2. The number of anilines is 1. The van der Waals surface area contributed by atoms with Crippen molar-refractivity contribution in [2.24, 2.45) is 0 Å². The minimum Gasteiger partial charge on any atom is -0.454 e. The molecule has 1 fully saturated rings. The number of carbonyl (C=O) groups is 1. The van der Waals surface area contributed by atoms with Crippen LogP contribution in [0.15, 0.2) is 42.5 Å². The number of hydrogen-bond donors (Lipinski definition) is 2. The van der Waals surface area contributed by atoms with Gasteiger partial charge in [-0.3, -0.25) is 14.6 Å². The summed E-state index contributed by atoms with van der Waals surface area (Å²) in [4.78, 5) is 17.0. The molecule has 172 valence electrons. The zero-order valence-corrected chi connectivity index (χ0v) is 19.6. The molecule has 2 aliphatic rings. The van der Waals surface area contributed by atoms with E-state index in [2.05, 4.69) is 27.2 Å². The molecule has 2 aromatic rings. The summed E-state index contributed by atoms with van der Waals surface area (Å²) in [5.41, 5.74) is 8.20. The van der Waals surface area contributed by atoms with Crippen molar-refractivity contribution in [2.75, 3.05) is 51.8 Å². The zero-order valence-electron chi connectivity index (χ0n) is 17.1. The number of amides is 1. The second-order valence-electron chi connectivity index (χ2n) is 7.18. The van der Waals surface area contributed by atoms with Crippen LogP contribution in [0.3, 0.4) is 0 Å². The van der Waals surface area contributed by atoms with E-state index in [1.54, 1.807) is 24.3 Å². The summed E-state index contributed by atoms with van der Waals surface area (Å²) in [5.74, 6) is 1.61. The average Bonchev–Trinajstić information content (AvgIpc) is 3.18. The predicted molar refractivity (Wildman–Crippen MR) is 129 cm³/mol. The van der Waals surface area contributed by atoms with E-state index in [-0.39, 0.29) is 43.1 Å². The second-order valence-corrected chi connectivity index (χ2v) is 7.18. The van der Waals surface area contributed by atoms with Crippen LogP contribution in [0.5, 0.6) is 11.5 Å². The van der Waals surface area contributed by atoms with Crippen LogP contribution >= 0.6 is 37.2 Å². The highest BCUT2D eigenvalue weighted by Gasteiger charge is 2.19. The molecule has 2 aromatic carbocycles. The molecule has 0 atom stereocenters. The number of ether oxygens (including phenoxy) is 2. The number of hydrogen-bond acceptors (Lipinski definition) is 6. The topological polar surface area (TPSA) is 80.1 Å². The number of halogens is 3. The van der Waals surface area contributed by atoms with E-state index in [0.717, 1.165) is 50.8 Å². The Morgan fingerprint density at radius 1 is 0.903 bits per heavy atom. The number of nitrogens with two attached hydrogens (primary N) is 1. The molecule has 0 bridgehead atoms. The summed E-state index contributed by atoms with van der Waals surface area (Å²) in [6.45, 7) is 6.76. The standard InChI is InChI=1S/C21H26N4O3.3ClH/c22-18-4-2-17(3-5-18)21(26)23-7-8-24-9-11-25(12-10-24)14-16-1-6-19-20(13-16)28-15-27-19;;;/h1-6,13H,7-12,14-15,22H2,(H,23,26);3*1H. The second kappa shape index (κ2) is 12.8. The predicted octanol–water partition coefficient (Wildman–Crippen LogP) is 2.81. The van der Waals surface area contributed by atoms with Crippen LogP contribution in [0.1, 0.15) is 15.9 Å². The van der Waals surface area contributed by atoms with Crippen molar-refractivity contribution in [1.29, 1.82) is 0 Å². The first-order valence-electron chi connectivity index (χ1n) is 9.64. The first kappa shape index (κ1) is 27.1. The molecular weight excluding hydrogens is 463 g/mol. The molecule has 1 amide bonds. The maximum Gasteiger partial charge on any atom is 0.251 e. The Morgan fingerprint density at radius 2 is 1.55 bits per heavy atom. The SMILES string of the molecule is Cl.Cl.Cl.Nc1ccc(C(=O)NCCN2CCN(Cc3ccc4c(c3)OCO4)CC2)cc1. The highest BCUT2D eigenvalue weighted by Crippen LogP contribution is 2.32. The summed E-state index contributed by atoms with van der Waals surface area (Å²) in [6.07, 6.45) is 0. The van der Waals surface area contributed by atoms with Gasteiger partial charge in [-0.05, 0) is 42.0 Å². The highest BCUT2D eigenvalue weighted by atomic mass is 35.5. The van der Waals surface area contributed by atoms with Crippen LogP contribution in [0, 0.1) is 0 Å². The number of benzene rings is 2. The van der Waals surface area contributed by atoms with E-state index in [0.29, 0.717) is 24.6 Å². The molecule has 10 heteroatoms. The monoisotopic (exact) mass is 490 g/mol. The Balaban J connectivity index is 0.00000160. The number of carbonyl (C=O) groups excluding carboxylic acids is 1. The molecule has 0 aromatic heterocycles. The van der Waals surface area contributed by atoms with Gasteiger partial charge in [0.15, 0.2) is 11.5 Å². The van der Waals surface area contributed by atoms with Crippen molar-refractivity contribution in [3.63, 3.8) is 0 Å². The third-order valence-corrected chi connectivity index (χ3v) is 5.19. The fourth-order valence-electron chi connectivity index (χ4n) is 3.53. The maximum atomic E-state index is 12.1. The van der Waals surface area contributed by atoms with Gasteiger partial charge < -0.3 is 20.5 Å². The van der Waals surface area contributed by atoms with E-state index in [9.17, 15) is 4.79 Å². The summed E-state index contributed by atoms with van der Waals surface area (Å²) < 4.78 is 10.8. The van der Waals surface area contributed by atoms with Gasteiger partial charge in [0.25, 0.3) is 5.91 Å². The van der Waals surface area contributed by atoms with Gasteiger partial charge in [0, 0.05) is 57.1 Å². The van der Waals surface area contributed by atoms with Gasteiger partial charge in [0.05, 0.1) is 0 Å². The van der Waals surface area contributed by atoms with Crippen LogP contribution < -0.4 is 20.5 Å². The van der Waals surface area contributed by atoms with E-state index in [1.165, 1.54) is 5.56 Å². The van der Waals surface area contributed by atoms with Crippen LogP contribution in [-0.2, 0) is 6.54 Å². The fourth-order valence-corrected chi connectivity index (χ4v) is 3.53. The van der Waals surface area contributed by atoms with Gasteiger partial charge in [-0.2, -0.15) is 0 Å². The Bertz CT molecular complexity index is 831.